The van der Waals surface area contributed by atoms with Crippen LogP contribution in [0.2, 0.25) is 0 Å². The van der Waals surface area contributed by atoms with Crippen molar-refractivity contribution in [3.8, 4) is 11.5 Å². The quantitative estimate of drug-likeness (QED) is 0.857. The molecule has 2 rings (SSSR count). The first-order valence-corrected chi connectivity index (χ1v) is 6.96. The number of hydrogen-bond acceptors (Lipinski definition) is 4. The van der Waals surface area contributed by atoms with E-state index in [0.717, 1.165) is 0 Å². The minimum Gasteiger partial charge on any atom is -0.486 e. The van der Waals surface area contributed by atoms with E-state index in [0.29, 0.717) is 41.3 Å². The summed E-state index contributed by atoms with van der Waals surface area (Å²) in [6.45, 7) is 0.973. The molecule has 0 spiro atoms. The molecule has 2 N–H and O–H groups in total. The molecule has 7 heteroatoms. The normalized spacial score (nSPS) is 12.8. The summed E-state index contributed by atoms with van der Waals surface area (Å²) in [5.74, 6) is 0.0780. The number of benzene rings is 1. The van der Waals surface area contributed by atoms with Gasteiger partial charge in [0.2, 0.25) is 5.91 Å². The number of carbonyl (C=O) groups is 2. The number of carbonyl (C=O) groups excluding carboxylic acids is 1. The number of ether oxygens (including phenoxy) is 2. The second-order valence-corrected chi connectivity index (χ2v) is 5.13. The highest BCUT2D eigenvalue weighted by Gasteiger charge is 2.16. The summed E-state index contributed by atoms with van der Waals surface area (Å²) in [5.41, 5.74) is 0.578. The first-order chi connectivity index (χ1) is 9.56. The summed E-state index contributed by atoms with van der Waals surface area (Å²) in [6, 6.07) is 3.43. The third kappa shape index (κ3) is 3.86. The Balaban J connectivity index is 1.98. The molecule has 0 aromatic heterocycles. The van der Waals surface area contributed by atoms with Gasteiger partial charge in [-0.3, -0.25) is 9.59 Å². The highest BCUT2D eigenvalue weighted by Crippen LogP contribution is 2.38. The van der Waals surface area contributed by atoms with Gasteiger partial charge in [0.1, 0.15) is 13.2 Å². The molecule has 0 saturated carbocycles. The van der Waals surface area contributed by atoms with Crippen molar-refractivity contribution in [2.45, 2.75) is 19.3 Å². The fraction of sp³-hybridized carbons (Fsp3) is 0.385. The van der Waals surface area contributed by atoms with Crippen molar-refractivity contribution < 1.29 is 24.2 Å². The lowest BCUT2D eigenvalue weighted by Crippen LogP contribution is -2.17. The summed E-state index contributed by atoms with van der Waals surface area (Å²) in [6.07, 6.45) is 0.451. The van der Waals surface area contributed by atoms with Crippen LogP contribution in [0.1, 0.15) is 19.3 Å². The largest absolute Gasteiger partial charge is 0.486 e. The number of carboxylic acids is 1. The topological polar surface area (TPSA) is 84.9 Å². The number of aliphatic carboxylic acids is 1. The second kappa shape index (κ2) is 6.60. The Morgan fingerprint density at radius 2 is 1.85 bits per heavy atom. The van der Waals surface area contributed by atoms with Crippen molar-refractivity contribution in [1.82, 2.24) is 0 Å². The maximum Gasteiger partial charge on any atom is 0.303 e. The molecule has 1 aliphatic heterocycles. The number of amides is 1. The number of carboxylic acid groups (broad SMARTS) is 1. The summed E-state index contributed by atoms with van der Waals surface area (Å²) in [7, 11) is 0. The molecule has 0 atom stereocenters. The maximum absolute atomic E-state index is 11.7. The summed E-state index contributed by atoms with van der Waals surface area (Å²) >= 11 is 3.35. The van der Waals surface area contributed by atoms with Crippen LogP contribution in [0.15, 0.2) is 16.6 Å². The van der Waals surface area contributed by atoms with Gasteiger partial charge in [-0.05, 0) is 22.4 Å². The molecule has 20 heavy (non-hydrogen) atoms. The summed E-state index contributed by atoms with van der Waals surface area (Å²) in [5, 5.41) is 11.2. The van der Waals surface area contributed by atoms with Crippen LogP contribution >= 0.6 is 15.9 Å². The van der Waals surface area contributed by atoms with Crippen LogP contribution in [0.3, 0.4) is 0 Å². The SMILES string of the molecule is O=C(O)CCCC(=O)Nc1cc2c(cc1Br)OCCO2. The zero-order valence-electron chi connectivity index (χ0n) is 10.6. The van der Waals surface area contributed by atoms with Crippen LogP contribution in [-0.2, 0) is 9.59 Å². The number of fused-ring (bicyclic) bond motifs is 1. The van der Waals surface area contributed by atoms with Crippen molar-refractivity contribution in [2.24, 2.45) is 0 Å². The molecule has 1 aromatic rings. The molecule has 1 aromatic carbocycles. The molecule has 0 radical (unpaired) electrons. The molecule has 0 aliphatic carbocycles. The fourth-order valence-corrected chi connectivity index (χ4v) is 2.19. The van der Waals surface area contributed by atoms with Gasteiger partial charge in [-0.25, -0.2) is 0 Å². The first-order valence-electron chi connectivity index (χ1n) is 6.17. The van der Waals surface area contributed by atoms with Gasteiger partial charge in [0.15, 0.2) is 11.5 Å². The highest BCUT2D eigenvalue weighted by molar-refractivity contribution is 9.10. The molecule has 0 bridgehead atoms. The third-order valence-corrected chi connectivity index (χ3v) is 3.36. The molecular formula is C13H14BrNO5. The number of hydrogen-bond donors (Lipinski definition) is 2. The van der Waals surface area contributed by atoms with E-state index >= 15 is 0 Å². The average molecular weight is 344 g/mol. The molecule has 108 valence electrons. The van der Waals surface area contributed by atoms with Crippen LogP contribution in [0.5, 0.6) is 11.5 Å². The van der Waals surface area contributed by atoms with E-state index in [1.54, 1.807) is 12.1 Å². The predicted molar refractivity (Wildman–Crippen MR) is 75.2 cm³/mol. The zero-order chi connectivity index (χ0) is 14.5. The van der Waals surface area contributed by atoms with Gasteiger partial charge in [0.05, 0.1) is 5.69 Å². The first kappa shape index (κ1) is 14.6. The lowest BCUT2D eigenvalue weighted by Gasteiger charge is -2.20. The average Bonchev–Trinajstić information content (AvgIpc) is 2.39. The van der Waals surface area contributed by atoms with Gasteiger partial charge >= 0.3 is 5.97 Å². The van der Waals surface area contributed by atoms with E-state index in [9.17, 15) is 9.59 Å². The molecule has 0 fully saturated rings. The van der Waals surface area contributed by atoms with Gasteiger partial charge in [-0.15, -0.1) is 0 Å². The molecule has 1 amide bonds. The van der Waals surface area contributed by atoms with Crippen LogP contribution in [0.25, 0.3) is 0 Å². The van der Waals surface area contributed by atoms with Crippen LogP contribution in [0, 0.1) is 0 Å². The molecule has 0 saturated heterocycles. The van der Waals surface area contributed by atoms with Gasteiger partial charge in [0.25, 0.3) is 0 Å². The van der Waals surface area contributed by atoms with Crippen molar-refractivity contribution in [3.63, 3.8) is 0 Å². The summed E-state index contributed by atoms with van der Waals surface area (Å²) in [4.78, 5) is 22.1. The Bertz CT molecular complexity index is 532. The predicted octanol–water partition coefficient (Wildman–Crippen LogP) is 2.41. The van der Waals surface area contributed by atoms with Gasteiger partial charge in [0, 0.05) is 29.4 Å². The molecule has 1 aliphatic rings. The minimum atomic E-state index is -0.904. The molecule has 0 unspecified atom stereocenters. The van der Waals surface area contributed by atoms with Crippen molar-refractivity contribution in [3.05, 3.63) is 16.6 Å². The van der Waals surface area contributed by atoms with Gasteiger partial charge < -0.3 is 19.9 Å². The monoisotopic (exact) mass is 343 g/mol. The van der Waals surface area contributed by atoms with E-state index in [1.807, 2.05) is 0 Å². The Morgan fingerprint density at radius 3 is 2.50 bits per heavy atom. The van der Waals surface area contributed by atoms with E-state index < -0.39 is 5.97 Å². The lowest BCUT2D eigenvalue weighted by molar-refractivity contribution is -0.137. The molecule has 1 heterocycles. The highest BCUT2D eigenvalue weighted by atomic mass is 79.9. The standard InChI is InChI=1S/C13H14BrNO5/c14-8-6-10-11(20-5-4-19-10)7-9(8)15-12(16)2-1-3-13(17)18/h6-7H,1-5H2,(H,15,16)(H,17,18). The summed E-state index contributed by atoms with van der Waals surface area (Å²) < 4.78 is 11.5. The van der Waals surface area contributed by atoms with Crippen molar-refractivity contribution >= 4 is 33.5 Å². The van der Waals surface area contributed by atoms with E-state index in [2.05, 4.69) is 21.2 Å². The Hall–Kier alpha value is -1.76. The Morgan fingerprint density at radius 1 is 1.20 bits per heavy atom. The molecular weight excluding hydrogens is 330 g/mol. The van der Waals surface area contributed by atoms with Crippen LogP contribution in [-0.4, -0.2) is 30.2 Å². The number of halogens is 1. The van der Waals surface area contributed by atoms with Gasteiger partial charge in [-0.1, -0.05) is 0 Å². The fourth-order valence-electron chi connectivity index (χ4n) is 1.77. The lowest BCUT2D eigenvalue weighted by atomic mass is 10.2. The number of rotatable bonds is 5. The number of nitrogens with one attached hydrogen (secondary N) is 1. The van der Waals surface area contributed by atoms with E-state index in [-0.39, 0.29) is 18.7 Å². The second-order valence-electron chi connectivity index (χ2n) is 4.27. The third-order valence-electron chi connectivity index (χ3n) is 2.70. The maximum atomic E-state index is 11.7. The molecule has 6 nitrogen and oxygen atoms in total. The van der Waals surface area contributed by atoms with Crippen LogP contribution < -0.4 is 14.8 Å². The Labute approximate surface area is 124 Å². The minimum absolute atomic E-state index is 0.0181. The smallest absolute Gasteiger partial charge is 0.303 e. The van der Waals surface area contributed by atoms with Crippen LogP contribution in [0.4, 0.5) is 5.69 Å². The van der Waals surface area contributed by atoms with Crippen molar-refractivity contribution in [2.75, 3.05) is 18.5 Å². The van der Waals surface area contributed by atoms with E-state index in [1.165, 1.54) is 0 Å². The number of anilines is 1. The van der Waals surface area contributed by atoms with E-state index in [4.69, 9.17) is 14.6 Å². The Kier molecular flexibility index (Phi) is 4.84. The zero-order valence-corrected chi connectivity index (χ0v) is 12.2. The van der Waals surface area contributed by atoms with Gasteiger partial charge in [-0.2, -0.15) is 0 Å². The van der Waals surface area contributed by atoms with Crippen molar-refractivity contribution in [1.29, 1.82) is 0 Å².